The van der Waals surface area contributed by atoms with E-state index in [2.05, 4.69) is 26.0 Å². The molecule has 1 aromatic carbocycles. The first kappa shape index (κ1) is 12.1. The smallest absolute Gasteiger partial charge is 0.239 e. The Balaban J connectivity index is 2.22. The summed E-state index contributed by atoms with van der Waals surface area (Å²) >= 11 is 0. The summed E-state index contributed by atoms with van der Waals surface area (Å²) in [7, 11) is 0. The second-order valence-electron chi connectivity index (χ2n) is 4.81. The molecule has 0 saturated carbocycles. The van der Waals surface area contributed by atoms with Gasteiger partial charge in [-0.1, -0.05) is 24.3 Å². The molecule has 2 atom stereocenters. The fraction of sp³-hybridized carbons (Fsp3) is 0.500. The molecule has 0 bridgehead atoms. The van der Waals surface area contributed by atoms with Gasteiger partial charge in [0.05, 0.1) is 12.1 Å². The Labute approximate surface area is 103 Å². The molecule has 0 aliphatic carbocycles. The van der Waals surface area contributed by atoms with Gasteiger partial charge in [0.1, 0.15) is 0 Å². The van der Waals surface area contributed by atoms with Crippen molar-refractivity contribution in [3.63, 3.8) is 0 Å². The van der Waals surface area contributed by atoms with Gasteiger partial charge in [-0.3, -0.25) is 4.79 Å². The van der Waals surface area contributed by atoms with E-state index < -0.39 is 0 Å². The van der Waals surface area contributed by atoms with Crippen molar-refractivity contribution in [3.8, 4) is 0 Å². The molecular weight excluding hydrogens is 212 g/mol. The van der Waals surface area contributed by atoms with Crippen molar-refractivity contribution < 1.29 is 4.79 Å². The van der Waals surface area contributed by atoms with Gasteiger partial charge in [-0.2, -0.15) is 0 Å². The number of nitrogens with zero attached hydrogens (tertiary/aromatic N) is 1. The summed E-state index contributed by atoms with van der Waals surface area (Å²) in [5.74, 6) is 0.0898. The summed E-state index contributed by atoms with van der Waals surface area (Å²) in [6, 6.07) is 8.03. The van der Waals surface area contributed by atoms with Crippen LogP contribution in [0.3, 0.4) is 0 Å². The monoisotopic (exact) mass is 232 g/mol. The van der Waals surface area contributed by atoms with Gasteiger partial charge in [0.25, 0.3) is 0 Å². The maximum absolute atomic E-state index is 12.1. The molecule has 0 spiro atoms. The summed E-state index contributed by atoms with van der Waals surface area (Å²) in [6.45, 7) is 4.99. The summed E-state index contributed by atoms with van der Waals surface area (Å²) < 4.78 is 0. The van der Waals surface area contributed by atoms with Crippen molar-refractivity contribution in [2.45, 2.75) is 38.8 Å². The highest BCUT2D eigenvalue weighted by Crippen LogP contribution is 2.26. The van der Waals surface area contributed by atoms with Crippen LogP contribution in [0.4, 0.5) is 0 Å². The Morgan fingerprint density at radius 2 is 2.12 bits per heavy atom. The van der Waals surface area contributed by atoms with Crippen LogP contribution in [0.2, 0.25) is 0 Å². The fourth-order valence-electron chi connectivity index (χ4n) is 2.54. The normalized spacial score (nSPS) is 22.6. The fourth-order valence-corrected chi connectivity index (χ4v) is 2.54. The van der Waals surface area contributed by atoms with Crippen molar-refractivity contribution in [3.05, 3.63) is 35.4 Å². The van der Waals surface area contributed by atoms with E-state index in [0.717, 1.165) is 19.4 Å². The SMILES string of the molecule is Cc1ccccc1C(C)N1CCCC(N)C1=O. The standard InChI is InChI=1S/C14H20N2O/c1-10-6-3-4-7-12(10)11(2)16-9-5-8-13(15)14(16)17/h3-4,6-7,11,13H,5,8-9,15H2,1-2H3. The van der Waals surface area contributed by atoms with Crippen molar-refractivity contribution in [2.75, 3.05) is 6.54 Å². The summed E-state index contributed by atoms with van der Waals surface area (Å²) in [5.41, 5.74) is 8.28. The maximum atomic E-state index is 12.1. The van der Waals surface area contributed by atoms with Gasteiger partial charge in [-0.05, 0) is 37.8 Å². The number of hydrogen-bond donors (Lipinski definition) is 1. The number of carbonyl (C=O) groups excluding carboxylic acids is 1. The molecule has 1 aliphatic heterocycles. The molecule has 1 aromatic rings. The highest BCUT2D eigenvalue weighted by Gasteiger charge is 2.29. The van der Waals surface area contributed by atoms with E-state index in [1.54, 1.807) is 0 Å². The van der Waals surface area contributed by atoms with Crippen LogP contribution in [0, 0.1) is 6.92 Å². The van der Waals surface area contributed by atoms with Crippen molar-refractivity contribution >= 4 is 5.91 Å². The van der Waals surface area contributed by atoms with E-state index in [0.29, 0.717) is 0 Å². The lowest BCUT2D eigenvalue weighted by Crippen LogP contribution is -2.49. The molecule has 1 fully saturated rings. The molecule has 1 aliphatic rings. The molecule has 0 radical (unpaired) electrons. The van der Waals surface area contributed by atoms with Crippen LogP contribution in [-0.2, 0) is 4.79 Å². The predicted octanol–water partition coefficient (Wildman–Crippen LogP) is 2.01. The number of hydrogen-bond acceptors (Lipinski definition) is 2. The van der Waals surface area contributed by atoms with Crippen LogP contribution in [0.5, 0.6) is 0 Å². The minimum absolute atomic E-state index is 0.0898. The first-order valence-electron chi connectivity index (χ1n) is 6.23. The molecule has 0 aromatic heterocycles. The zero-order chi connectivity index (χ0) is 12.4. The number of amides is 1. The second kappa shape index (κ2) is 4.88. The molecule has 92 valence electrons. The van der Waals surface area contributed by atoms with E-state index in [1.165, 1.54) is 11.1 Å². The number of piperidine rings is 1. The molecule has 2 N–H and O–H groups in total. The zero-order valence-corrected chi connectivity index (χ0v) is 10.5. The molecule has 2 rings (SSSR count). The van der Waals surface area contributed by atoms with E-state index in [9.17, 15) is 4.79 Å². The first-order valence-corrected chi connectivity index (χ1v) is 6.23. The summed E-state index contributed by atoms with van der Waals surface area (Å²) in [6.07, 6.45) is 1.82. The van der Waals surface area contributed by atoms with Crippen LogP contribution in [0.1, 0.15) is 36.9 Å². The Kier molecular flexibility index (Phi) is 3.48. The van der Waals surface area contributed by atoms with E-state index >= 15 is 0 Å². The zero-order valence-electron chi connectivity index (χ0n) is 10.5. The van der Waals surface area contributed by atoms with Crippen molar-refractivity contribution in [1.82, 2.24) is 4.90 Å². The number of benzene rings is 1. The third-order valence-electron chi connectivity index (χ3n) is 3.62. The van der Waals surface area contributed by atoms with Crippen LogP contribution in [0.15, 0.2) is 24.3 Å². The lowest BCUT2D eigenvalue weighted by Gasteiger charge is -2.36. The molecule has 17 heavy (non-hydrogen) atoms. The topological polar surface area (TPSA) is 46.3 Å². The lowest BCUT2D eigenvalue weighted by atomic mass is 9.97. The number of carbonyl (C=O) groups is 1. The quantitative estimate of drug-likeness (QED) is 0.847. The van der Waals surface area contributed by atoms with Gasteiger partial charge in [-0.25, -0.2) is 0 Å². The Morgan fingerprint density at radius 3 is 2.82 bits per heavy atom. The van der Waals surface area contributed by atoms with Crippen LogP contribution < -0.4 is 5.73 Å². The highest BCUT2D eigenvalue weighted by molar-refractivity contribution is 5.82. The predicted molar refractivity (Wildman–Crippen MR) is 68.5 cm³/mol. The van der Waals surface area contributed by atoms with E-state index in [4.69, 9.17) is 5.73 Å². The molecule has 2 unspecified atom stereocenters. The summed E-state index contributed by atoms with van der Waals surface area (Å²) in [5, 5.41) is 0. The number of likely N-dealkylation sites (tertiary alicyclic amines) is 1. The summed E-state index contributed by atoms with van der Waals surface area (Å²) in [4.78, 5) is 14.0. The van der Waals surface area contributed by atoms with Gasteiger partial charge >= 0.3 is 0 Å². The lowest BCUT2D eigenvalue weighted by molar-refractivity contribution is -0.137. The average Bonchev–Trinajstić information content (AvgIpc) is 2.32. The third kappa shape index (κ3) is 2.34. The second-order valence-corrected chi connectivity index (χ2v) is 4.81. The Hall–Kier alpha value is -1.35. The first-order chi connectivity index (χ1) is 8.11. The maximum Gasteiger partial charge on any atom is 0.239 e. The van der Waals surface area contributed by atoms with Gasteiger partial charge < -0.3 is 10.6 Å². The van der Waals surface area contributed by atoms with E-state index in [-0.39, 0.29) is 18.0 Å². The minimum Gasteiger partial charge on any atom is -0.335 e. The van der Waals surface area contributed by atoms with Crippen LogP contribution in [0.25, 0.3) is 0 Å². The van der Waals surface area contributed by atoms with Gasteiger partial charge in [0, 0.05) is 6.54 Å². The number of rotatable bonds is 2. The molecule has 1 heterocycles. The van der Waals surface area contributed by atoms with Crippen LogP contribution >= 0.6 is 0 Å². The Bertz CT molecular complexity index is 416. The van der Waals surface area contributed by atoms with E-state index in [1.807, 2.05) is 17.0 Å². The highest BCUT2D eigenvalue weighted by atomic mass is 16.2. The molecule has 3 heteroatoms. The average molecular weight is 232 g/mol. The van der Waals surface area contributed by atoms with Gasteiger partial charge in [0.15, 0.2) is 0 Å². The van der Waals surface area contributed by atoms with Gasteiger partial charge in [0.2, 0.25) is 5.91 Å². The molecule has 3 nitrogen and oxygen atoms in total. The largest absolute Gasteiger partial charge is 0.335 e. The Morgan fingerprint density at radius 1 is 1.41 bits per heavy atom. The van der Waals surface area contributed by atoms with Crippen molar-refractivity contribution in [1.29, 1.82) is 0 Å². The third-order valence-corrected chi connectivity index (χ3v) is 3.62. The van der Waals surface area contributed by atoms with Gasteiger partial charge in [-0.15, -0.1) is 0 Å². The molecule has 1 amide bonds. The molecule has 1 saturated heterocycles. The van der Waals surface area contributed by atoms with Crippen LogP contribution in [-0.4, -0.2) is 23.4 Å². The number of nitrogens with two attached hydrogens (primary N) is 1. The molecular formula is C14H20N2O. The number of aryl methyl sites for hydroxylation is 1. The minimum atomic E-state index is -0.310. The van der Waals surface area contributed by atoms with Crippen molar-refractivity contribution in [2.24, 2.45) is 5.73 Å².